The number of ether oxygens (including phenoxy) is 2. The topological polar surface area (TPSA) is 64.6 Å². The van der Waals surface area contributed by atoms with Gasteiger partial charge in [0.05, 0.1) is 12.7 Å². The van der Waals surface area contributed by atoms with Gasteiger partial charge in [-0.25, -0.2) is 4.79 Å². The van der Waals surface area contributed by atoms with E-state index in [1.54, 1.807) is 42.5 Å². The van der Waals surface area contributed by atoms with E-state index in [0.29, 0.717) is 17.9 Å². The van der Waals surface area contributed by atoms with Gasteiger partial charge < -0.3 is 14.8 Å². The van der Waals surface area contributed by atoms with Gasteiger partial charge in [-0.1, -0.05) is 18.2 Å². The second-order valence-electron chi connectivity index (χ2n) is 4.58. The highest BCUT2D eigenvalue weighted by Gasteiger charge is 2.19. The number of hydrogen-bond donors (Lipinski definition) is 1. The molecule has 0 fully saturated rings. The van der Waals surface area contributed by atoms with Crippen molar-refractivity contribution in [3.8, 4) is 5.75 Å². The molecule has 0 bridgehead atoms. The van der Waals surface area contributed by atoms with Crippen LogP contribution in [0.25, 0.3) is 0 Å². The van der Waals surface area contributed by atoms with E-state index in [-0.39, 0.29) is 5.91 Å². The Morgan fingerprint density at radius 3 is 2.68 bits per heavy atom. The fraction of sp³-hybridized carbons (Fsp3) is 0.250. The van der Waals surface area contributed by atoms with E-state index >= 15 is 0 Å². The number of methoxy groups -OCH3 is 1. The number of benzene rings is 1. The second-order valence-corrected chi connectivity index (χ2v) is 5.61. The van der Waals surface area contributed by atoms with Crippen LogP contribution in [0.1, 0.15) is 22.2 Å². The highest BCUT2D eigenvalue weighted by molar-refractivity contribution is 7.09. The highest BCUT2D eigenvalue weighted by atomic mass is 32.1. The van der Waals surface area contributed by atoms with Crippen LogP contribution in [0.15, 0.2) is 41.8 Å². The molecule has 1 aromatic heterocycles. The lowest BCUT2D eigenvalue weighted by atomic mass is 10.1. The normalized spacial score (nSPS) is 11.5. The maximum Gasteiger partial charge on any atom is 0.328 e. The zero-order valence-electron chi connectivity index (χ0n) is 12.4. The number of thiophene rings is 1. The predicted molar refractivity (Wildman–Crippen MR) is 84.0 cm³/mol. The van der Waals surface area contributed by atoms with Crippen molar-refractivity contribution in [1.82, 2.24) is 5.32 Å². The van der Waals surface area contributed by atoms with Crippen LogP contribution < -0.4 is 10.1 Å². The molecule has 1 N–H and O–H groups in total. The average molecular weight is 319 g/mol. The molecular formula is C16H17NO4S. The van der Waals surface area contributed by atoms with Gasteiger partial charge >= 0.3 is 5.97 Å². The molecule has 1 heterocycles. The molecule has 6 heteroatoms. The summed E-state index contributed by atoms with van der Waals surface area (Å²) in [6, 6.07) is 10.1. The quantitative estimate of drug-likeness (QED) is 0.831. The van der Waals surface area contributed by atoms with Crippen molar-refractivity contribution in [3.63, 3.8) is 0 Å². The van der Waals surface area contributed by atoms with Crippen LogP contribution in [0, 0.1) is 0 Å². The number of esters is 1. The smallest absolute Gasteiger partial charge is 0.328 e. The maximum absolute atomic E-state index is 12.3. The van der Waals surface area contributed by atoms with Crippen molar-refractivity contribution >= 4 is 23.2 Å². The minimum Gasteiger partial charge on any atom is -0.487 e. The standard InChI is InChI=1S/C16H17NO4S/c1-11(16(19)20-2)17-15(18)13-7-3-4-8-14(13)21-10-12-6-5-9-22-12/h3-9,11H,10H2,1-2H3,(H,17,18)/t11-/m1/s1. The first-order valence-electron chi connectivity index (χ1n) is 6.74. The van der Waals surface area contributed by atoms with Crippen molar-refractivity contribution in [3.05, 3.63) is 52.2 Å². The lowest BCUT2D eigenvalue weighted by Gasteiger charge is -2.14. The van der Waals surface area contributed by atoms with Crippen molar-refractivity contribution in [2.24, 2.45) is 0 Å². The molecular weight excluding hydrogens is 302 g/mol. The SMILES string of the molecule is COC(=O)[C@@H](C)NC(=O)c1ccccc1OCc1cccs1. The summed E-state index contributed by atoms with van der Waals surface area (Å²) < 4.78 is 10.3. The molecule has 116 valence electrons. The van der Waals surface area contributed by atoms with Crippen LogP contribution in [0.4, 0.5) is 0 Å². The number of nitrogens with one attached hydrogen (secondary N) is 1. The molecule has 0 aliphatic rings. The molecule has 22 heavy (non-hydrogen) atoms. The Balaban J connectivity index is 2.06. The first-order valence-corrected chi connectivity index (χ1v) is 7.62. The summed E-state index contributed by atoms with van der Waals surface area (Å²) in [4.78, 5) is 24.7. The summed E-state index contributed by atoms with van der Waals surface area (Å²) in [6.45, 7) is 1.97. The number of carbonyl (C=O) groups is 2. The van der Waals surface area contributed by atoms with E-state index in [4.69, 9.17) is 4.74 Å². The number of hydrogen-bond acceptors (Lipinski definition) is 5. The Morgan fingerprint density at radius 2 is 2.00 bits per heavy atom. The molecule has 0 aliphatic carbocycles. The minimum atomic E-state index is -0.720. The van der Waals surface area contributed by atoms with Gasteiger partial charge in [-0.2, -0.15) is 0 Å². The highest BCUT2D eigenvalue weighted by Crippen LogP contribution is 2.20. The molecule has 1 aromatic carbocycles. The van der Waals surface area contributed by atoms with Crippen molar-refractivity contribution in [2.45, 2.75) is 19.6 Å². The van der Waals surface area contributed by atoms with Crippen LogP contribution in [0.3, 0.4) is 0 Å². The van der Waals surface area contributed by atoms with Crippen LogP contribution in [-0.2, 0) is 16.1 Å². The van der Waals surface area contributed by atoms with E-state index in [9.17, 15) is 9.59 Å². The second kappa shape index (κ2) is 7.61. The molecule has 0 saturated heterocycles. The van der Waals surface area contributed by atoms with Crippen LogP contribution in [0.5, 0.6) is 5.75 Å². The van der Waals surface area contributed by atoms with E-state index in [0.717, 1.165) is 4.88 Å². The lowest BCUT2D eigenvalue weighted by molar-refractivity contribution is -0.142. The largest absolute Gasteiger partial charge is 0.487 e. The molecule has 0 saturated carbocycles. The Bertz CT molecular complexity index is 639. The van der Waals surface area contributed by atoms with E-state index in [1.807, 2.05) is 17.5 Å². The van der Waals surface area contributed by atoms with Crippen molar-refractivity contribution in [1.29, 1.82) is 0 Å². The summed E-state index contributed by atoms with van der Waals surface area (Å²) in [6.07, 6.45) is 0. The molecule has 1 atom stereocenters. The Hall–Kier alpha value is -2.34. The molecule has 0 spiro atoms. The predicted octanol–water partition coefficient (Wildman–Crippen LogP) is 2.62. The molecule has 0 aliphatic heterocycles. The summed E-state index contributed by atoms with van der Waals surface area (Å²) >= 11 is 1.59. The fourth-order valence-electron chi connectivity index (χ4n) is 1.83. The van der Waals surface area contributed by atoms with Crippen molar-refractivity contribution < 1.29 is 19.1 Å². The Labute approximate surface area is 132 Å². The van der Waals surface area contributed by atoms with Crippen molar-refractivity contribution in [2.75, 3.05) is 7.11 Å². The van der Waals surface area contributed by atoms with Gasteiger partial charge in [0.2, 0.25) is 0 Å². The van der Waals surface area contributed by atoms with E-state index in [1.165, 1.54) is 7.11 Å². The zero-order chi connectivity index (χ0) is 15.9. The van der Waals surface area contributed by atoms with Gasteiger partial charge in [0.25, 0.3) is 5.91 Å². The lowest BCUT2D eigenvalue weighted by Crippen LogP contribution is -2.39. The Kier molecular flexibility index (Phi) is 5.55. The third-order valence-corrected chi connectivity index (χ3v) is 3.83. The zero-order valence-corrected chi connectivity index (χ0v) is 13.2. The summed E-state index contributed by atoms with van der Waals surface area (Å²) in [5.74, 6) is -0.393. The van der Waals surface area contributed by atoms with Gasteiger partial charge in [0.15, 0.2) is 0 Å². The average Bonchev–Trinajstić information content (AvgIpc) is 3.05. The minimum absolute atomic E-state index is 0.375. The van der Waals surface area contributed by atoms with E-state index < -0.39 is 12.0 Å². The maximum atomic E-state index is 12.3. The third kappa shape index (κ3) is 4.08. The molecule has 1 amide bonds. The molecule has 2 rings (SSSR count). The number of rotatable bonds is 6. The van der Waals surface area contributed by atoms with Gasteiger partial charge in [-0.3, -0.25) is 4.79 Å². The number of carbonyl (C=O) groups excluding carboxylic acids is 2. The fourth-order valence-corrected chi connectivity index (χ4v) is 2.45. The van der Waals surface area contributed by atoms with Gasteiger partial charge in [0.1, 0.15) is 18.4 Å². The van der Waals surface area contributed by atoms with Crippen LogP contribution in [-0.4, -0.2) is 25.0 Å². The molecule has 2 aromatic rings. The third-order valence-electron chi connectivity index (χ3n) is 2.98. The summed E-state index contributed by atoms with van der Waals surface area (Å²) in [7, 11) is 1.28. The summed E-state index contributed by atoms with van der Waals surface area (Å²) in [5, 5.41) is 4.56. The van der Waals surface area contributed by atoms with Gasteiger partial charge in [-0.05, 0) is 30.5 Å². The first kappa shape index (κ1) is 16.0. The Morgan fingerprint density at radius 1 is 1.23 bits per heavy atom. The summed E-state index contributed by atoms with van der Waals surface area (Å²) in [5.41, 5.74) is 0.384. The monoisotopic (exact) mass is 319 g/mol. The molecule has 0 radical (unpaired) electrons. The van der Waals surface area contributed by atoms with E-state index in [2.05, 4.69) is 10.1 Å². The van der Waals surface area contributed by atoms with Gasteiger partial charge in [0, 0.05) is 4.88 Å². The van der Waals surface area contributed by atoms with Crippen LogP contribution in [0.2, 0.25) is 0 Å². The van der Waals surface area contributed by atoms with Gasteiger partial charge in [-0.15, -0.1) is 11.3 Å². The number of para-hydroxylation sites is 1. The molecule has 5 nitrogen and oxygen atoms in total. The molecule has 0 unspecified atom stereocenters. The van der Waals surface area contributed by atoms with Crippen LogP contribution >= 0.6 is 11.3 Å². The first-order chi connectivity index (χ1) is 10.6. The number of amides is 1.